The third-order valence-electron chi connectivity index (χ3n) is 4.80. The van der Waals surface area contributed by atoms with Gasteiger partial charge in [-0.05, 0) is 63.1 Å². The van der Waals surface area contributed by atoms with Crippen LogP contribution in [0, 0.1) is 0 Å². The summed E-state index contributed by atoms with van der Waals surface area (Å²) in [6.45, 7) is 5.44. The van der Waals surface area contributed by atoms with Crippen molar-refractivity contribution in [2.24, 2.45) is 0 Å². The summed E-state index contributed by atoms with van der Waals surface area (Å²) in [4.78, 5) is 17.2. The van der Waals surface area contributed by atoms with Gasteiger partial charge in [0.25, 0.3) is 0 Å². The van der Waals surface area contributed by atoms with Gasteiger partial charge in [0.1, 0.15) is 5.75 Å². The predicted molar refractivity (Wildman–Crippen MR) is 101 cm³/mol. The first-order valence-corrected chi connectivity index (χ1v) is 8.96. The molecule has 3 rings (SSSR count). The van der Waals surface area contributed by atoms with Crippen LogP contribution in [0.2, 0.25) is 0 Å². The summed E-state index contributed by atoms with van der Waals surface area (Å²) in [5.74, 6) is 0.409. The number of para-hydroxylation sites is 1. The van der Waals surface area contributed by atoms with E-state index in [-0.39, 0.29) is 23.7 Å². The third-order valence-corrected chi connectivity index (χ3v) is 4.80. The highest BCUT2D eigenvalue weighted by Crippen LogP contribution is 2.32. The first kappa shape index (κ1) is 17.5. The largest absolute Gasteiger partial charge is 0.508 e. The lowest BCUT2D eigenvalue weighted by molar-refractivity contribution is -0.120. The smallest absolute Gasteiger partial charge is 0.241 e. The lowest BCUT2D eigenvalue weighted by Crippen LogP contribution is -2.43. The van der Waals surface area contributed by atoms with Gasteiger partial charge in [0.05, 0.1) is 6.54 Å². The highest BCUT2D eigenvalue weighted by Gasteiger charge is 2.30. The Morgan fingerprint density at radius 3 is 2.48 bits per heavy atom. The molecule has 0 spiro atoms. The first-order chi connectivity index (χ1) is 12.1. The number of likely N-dealkylation sites (tertiary alicyclic amines) is 1. The Bertz CT molecular complexity index is 698. The van der Waals surface area contributed by atoms with E-state index in [0.29, 0.717) is 6.54 Å². The summed E-state index contributed by atoms with van der Waals surface area (Å²) in [5.41, 5.74) is 2.11. The monoisotopic (exact) mass is 338 g/mol. The van der Waals surface area contributed by atoms with Crippen molar-refractivity contribution in [3.63, 3.8) is 0 Å². The van der Waals surface area contributed by atoms with Crippen LogP contribution in [0.25, 0.3) is 0 Å². The van der Waals surface area contributed by atoms with Crippen molar-refractivity contribution in [3.05, 3.63) is 60.2 Å². The SMILES string of the molecule is CC(C)N(C(=O)CN1CCC[C@@H]1c1ccc(O)cc1)c1ccccc1. The molecule has 1 amide bonds. The van der Waals surface area contributed by atoms with Crippen molar-refractivity contribution in [2.45, 2.75) is 38.8 Å². The van der Waals surface area contributed by atoms with Crippen molar-refractivity contribution in [3.8, 4) is 5.75 Å². The standard InChI is InChI=1S/C21H26N2O2/c1-16(2)23(18-7-4-3-5-8-18)21(25)15-22-14-6-9-20(22)17-10-12-19(24)13-11-17/h3-5,7-8,10-13,16,20,24H,6,9,14-15H2,1-2H3/t20-/m1/s1. The number of anilines is 1. The molecule has 1 N–H and O–H groups in total. The average Bonchev–Trinajstić information content (AvgIpc) is 3.04. The van der Waals surface area contributed by atoms with Crippen LogP contribution >= 0.6 is 0 Å². The van der Waals surface area contributed by atoms with Gasteiger partial charge in [-0.3, -0.25) is 9.69 Å². The van der Waals surface area contributed by atoms with Crippen LogP contribution in [0.15, 0.2) is 54.6 Å². The molecule has 25 heavy (non-hydrogen) atoms. The van der Waals surface area contributed by atoms with Crippen LogP contribution in [0.5, 0.6) is 5.75 Å². The Morgan fingerprint density at radius 2 is 1.84 bits per heavy atom. The molecule has 4 nitrogen and oxygen atoms in total. The zero-order valence-corrected chi connectivity index (χ0v) is 14.9. The molecule has 4 heteroatoms. The molecule has 0 aromatic heterocycles. The number of benzene rings is 2. The van der Waals surface area contributed by atoms with E-state index in [1.54, 1.807) is 12.1 Å². The van der Waals surface area contributed by atoms with Crippen molar-refractivity contribution < 1.29 is 9.90 Å². The molecule has 0 bridgehead atoms. The number of hydrogen-bond donors (Lipinski definition) is 1. The van der Waals surface area contributed by atoms with E-state index in [1.165, 1.54) is 5.56 Å². The topological polar surface area (TPSA) is 43.8 Å². The summed E-state index contributed by atoms with van der Waals surface area (Å²) in [6, 6.07) is 17.6. The summed E-state index contributed by atoms with van der Waals surface area (Å²) >= 11 is 0. The Kier molecular flexibility index (Phi) is 5.39. The zero-order valence-electron chi connectivity index (χ0n) is 14.9. The van der Waals surface area contributed by atoms with Crippen LogP contribution in [0.3, 0.4) is 0 Å². The first-order valence-electron chi connectivity index (χ1n) is 8.96. The van der Waals surface area contributed by atoms with Crippen LogP contribution in [0.4, 0.5) is 5.69 Å². The highest BCUT2D eigenvalue weighted by atomic mass is 16.3. The van der Waals surface area contributed by atoms with E-state index in [2.05, 4.69) is 4.90 Å². The number of rotatable bonds is 5. The van der Waals surface area contributed by atoms with Gasteiger partial charge in [0.15, 0.2) is 0 Å². The molecule has 1 aliphatic heterocycles. The molecule has 1 fully saturated rings. The van der Waals surface area contributed by atoms with Crippen LogP contribution in [-0.4, -0.2) is 35.0 Å². The van der Waals surface area contributed by atoms with Gasteiger partial charge in [-0.2, -0.15) is 0 Å². The lowest BCUT2D eigenvalue weighted by Gasteiger charge is -2.31. The minimum absolute atomic E-state index is 0.115. The molecular formula is C21H26N2O2. The fourth-order valence-corrected chi connectivity index (χ4v) is 3.66. The normalized spacial score (nSPS) is 17.8. The third kappa shape index (κ3) is 4.02. The van der Waals surface area contributed by atoms with Crippen molar-refractivity contribution >= 4 is 11.6 Å². The van der Waals surface area contributed by atoms with E-state index in [1.807, 2.05) is 61.2 Å². The number of carbonyl (C=O) groups is 1. The van der Waals surface area contributed by atoms with Gasteiger partial charge in [-0.25, -0.2) is 0 Å². The van der Waals surface area contributed by atoms with Crippen molar-refractivity contribution in [1.29, 1.82) is 0 Å². The molecule has 1 aliphatic rings. The molecule has 1 saturated heterocycles. The second-order valence-corrected chi connectivity index (χ2v) is 6.91. The summed E-state index contributed by atoms with van der Waals surface area (Å²) in [5, 5.41) is 9.50. The second kappa shape index (κ2) is 7.70. The maximum atomic E-state index is 13.0. The Labute approximate surface area is 149 Å². The number of amides is 1. The number of phenolic OH excluding ortho intramolecular Hbond substituents is 1. The number of aromatic hydroxyl groups is 1. The predicted octanol–water partition coefficient (Wildman–Crippen LogP) is 3.97. The average molecular weight is 338 g/mol. The van der Waals surface area contributed by atoms with Crippen LogP contribution in [0.1, 0.15) is 38.3 Å². The summed E-state index contributed by atoms with van der Waals surface area (Å²) in [7, 11) is 0. The van der Waals surface area contributed by atoms with Crippen molar-refractivity contribution in [2.75, 3.05) is 18.0 Å². The fraction of sp³-hybridized carbons (Fsp3) is 0.381. The van der Waals surface area contributed by atoms with E-state index in [9.17, 15) is 9.90 Å². The van der Waals surface area contributed by atoms with Crippen LogP contribution < -0.4 is 4.90 Å². The van der Waals surface area contributed by atoms with E-state index in [0.717, 1.165) is 25.1 Å². The van der Waals surface area contributed by atoms with Crippen LogP contribution in [-0.2, 0) is 4.79 Å². The molecular weight excluding hydrogens is 312 g/mol. The highest BCUT2D eigenvalue weighted by molar-refractivity contribution is 5.95. The van der Waals surface area contributed by atoms with E-state index in [4.69, 9.17) is 0 Å². The minimum Gasteiger partial charge on any atom is -0.508 e. The fourth-order valence-electron chi connectivity index (χ4n) is 3.66. The van der Waals surface area contributed by atoms with E-state index >= 15 is 0 Å². The molecule has 0 unspecified atom stereocenters. The number of phenols is 1. The molecule has 0 saturated carbocycles. The summed E-state index contributed by atoms with van der Waals surface area (Å²) < 4.78 is 0. The van der Waals surface area contributed by atoms with E-state index < -0.39 is 0 Å². The van der Waals surface area contributed by atoms with Crippen molar-refractivity contribution in [1.82, 2.24) is 4.90 Å². The minimum atomic E-state index is 0.115. The molecule has 1 heterocycles. The Morgan fingerprint density at radius 1 is 1.16 bits per heavy atom. The molecule has 2 aromatic carbocycles. The Balaban J connectivity index is 1.75. The maximum Gasteiger partial charge on any atom is 0.241 e. The lowest BCUT2D eigenvalue weighted by atomic mass is 10.0. The number of hydrogen-bond acceptors (Lipinski definition) is 3. The van der Waals surface area contributed by atoms with Gasteiger partial charge in [0.2, 0.25) is 5.91 Å². The summed E-state index contributed by atoms with van der Waals surface area (Å²) in [6.07, 6.45) is 2.14. The van der Waals surface area contributed by atoms with Gasteiger partial charge < -0.3 is 10.0 Å². The molecule has 1 atom stereocenters. The molecule has 2 aromatic rings. The van der Waals surface area contributed by atoms with Gasteiger partial charge in [-0.1, -0.05) is 30.3 Å². The quantitative estimate of drug-likeness (QED) is 0.897. The van der Waals surface area contributed by atoms with Gasteiger partial charge in [0, 0.05) is 17.8 Å². The molecule has 0 aliphatic carbocycles. The number of carbonyl (C=O) groups excluding carboxylic acids is 1. The van der Waals surface area contributed by atoms with Gasteiger partial charge in [-0.15, -0.1) is 0 Å². The van der Waals surface area contributed by atoms with Gasteiger partial charge >= 0.3 is 0 Å². The second-order valence-electron chi connectivity index (χ2n) is 6.91. The number of nitrogens with zero attached hydrogens (tertiary/aromatic N) is 2. The molecule has 132 valence electrons. The maximum absolute atomic E-state index is 13.0. The zero-order chi connectivity index (χ0) is 17.8. The molecule has 0 radical (unpaired) electrons. The Hall–Kier alpha value is -2.33.